The summed E-state index contributed by atoms with van der Waals surface area (Å²) in [5.74, 6) is 0. The number of para-hydroxylation sites is 1. The van der Waals surface area contributed by atoms with Gasteiger partial charge in [-0.05, 0) is 23.3 Å². The van der Waals surface area contributed by atoms with Gasteiger partial charge >= 0.3 is 0 Å². The molecule has 2 heterocycles. The summed E-state index contributed by atoms with van der Waals surface area (Å²) in [7, 11) is 0. The Labute approximate surface area is 137 Å². The van der Waals surface area contributed by atoms with Gasteiger partial charge in [-0.15, -0.1) is 11.8 Å². The van der Waals surface area contributed by atoms with Gasteiger partial charge in [0, 0.05) is 15.8 Å². The summed E-state index contributed by atoms with van der Waals surface area (Å²) in [6.07, 6.45) is 0. The number of fused-ring (bicyclic) bond motifs is 5. The van der Waals surface area contributed by atoms with Gasteiger partial charge in [0.25, 0.3) is 0 Å². The highest BCUT2D eigenvalue weighted by Gasteiger charge is 2.58. The molecule has 0 aromatic heterocycles. The molecule has 2 atom stereocenters. The number of benzene rings is 2. The third-order valence-electron chi connectivity index (χ3n) is 5.78. The molecule has 22 heavy (non-hydrogen) atoms. The lowest BCUT2D eigenvalue weighted by Gasteiger charge is -2.55. The molecule has 1 nitrogen and oxygen atoms in total. The number of nitrogens with zero attached hydrogens (tertiary/aromatic N) is 1. The molecule has 2 heteroatoms. The van der Waals surface area contributed by atoms with Crippen LogP contribution in [0.15, 0.2) is 54.6 Å². The van der Waals surface area contributed by atoms with Gasteiger partial charge in [0.15, 0.2) is 0 Å². The van der Waals surface area contributed by atoms with Gasteiger partial charge in [-0.2, -0.15) is 0 Å². The molecule has 2 aliphatic rings. The first-order chi connectivity index (χ1) is 10.4. The van der Waals surface area contributed by atoms with Crippen molar-refractivity contribution in [2.45, 2.75) is 43.9 Å². The Balaban J connectivity index is 1.94. The Bertz CT molecular complexity index is 705. The van der Waals surface area contributed by atoms with Crippen molar-refractivity contribution in [2.75, 3.05) is 4.90 Å². The van der Waals surface area contributed by atoms with Gasteiger partial charge in [0.1, 0.15) is 5.37 Å². The van der Waals surface area contributed by atoms with Crippen molar-refractivity contribution in [1.82, 2.24) is 0 Å². The van der Waals surface area contributed by atoms with Crippen LogP contribution in [0.5, 0.6) is 0 Å². The summed E-state index contributed by atoms with van der Waals surface area (Å²) in [6, 6.07) is 20.4. The molecule has 0 N–H and O–H groups in total. The molecule has 0 spiro atoms. The molecule has 4 rings (SSSR count). The molecule has 2 bridgehead atoms. The fourth-order valence-electron chi connectivity index (χ4n) is 3.92. The van der Waals surface area contributed by atoms with Crippen LogP contribution in [-0.4, -0.2) is 4.75 Å². The van der Waals surface area contributed by atoms with Gasteiger partial charge in [0.05, 0.1) is 6.04 Å². The van der Waals surface area contributed by atoms with Crippen molar-refractivity contribution in [3.8, 4) is 0 Å². The maximum Gasteiger partial charge on any atom is 0.102 e. The third kappa shape index (κ3) is 1.73. The van der Waals surface area contributed by atoms with Crippen molar-refractivity contribution in [3.63, 3.8) is 0 Å². The molecular weight excluding hydrogens is 286 g/mol. The zero-order valence-corrected chi connectivity index (χ0v) is 14.5. The van der Waals surface area contributed by atoms with Crippen LogP contribution in [0.3, 0.4) is 0 Å². The average molecular weight is 309 g/mol. The zero-order valence-electron chi connectivity index (χ0n) is 13.7. The maximum absolute atomic E-state index is 2.64. The number of hydrogen-bond donors (Lipinski definition) is 0. The molecule has 2 aromatic rings. The van der Waals surface area contributed by atoms with E-state index in [1.54, 1.807) is 0 Å². The Kier molecular flexibility index (Phi) is 2.93. The van der Waals surface area contributed by atoms with E-state index in [9.17, 15) is 0 Å². The largest absolute Gasteiger partial charge is 0.348 e. The molecule has 2 aliphatic heterocycles. The highest BCUT2D eigenvalue weighted by Crippen LogP contribution is 2.68. The summed E-state index contributed by atoms with van der Waals surface area (Å²) in [5, 5.41) is 0.423. The molecule has 0 aliphatic carbocycles. The smallest absolute Gasteiger partial charge is 0.102 e. The molecule has 114 valence electrons. The van der Waals surface area contributed by atoms with Crippen LogP contribution in [0.2, 0.25) is 0 Å². The summed E-state index contributed by atoms with van der Waals surface area (Å²) in [4.78, 5) is 2.64. The van der Waals surface area contributed by atoms with Gasteiger partial charge in [-0.1, -0.05) is 70.2 Å². The van der Waals surface area contributed by atoms with E-state index in [0.717, 1.165) is 0 Å². The molecule has 2 unspecified atom stereocenters. The van der Waals surface area contributed by atoms with E-state index in [-0.39, 0.29) is 10.2 Å². The zero-order chi connectivity index (χ0) is 15.5. The predicted molar refractivity (Wildman–Crippen MR) is 96.3 cm³/mol. The Hall–Kier alpha value is -1.41. The van der Waals surface area contributed by atoms with Crippen LogP contribution >= 0.6 is 11.8 Å². The SMILES string of the molecule is CC1(C)SC2c3ccccc3C(N2c2ccccc2)C1(C)C. The first kappa shape index (κ1) is 14.2. The second kappa shape index (κ2) is 4.55. The first-order valence-corrected chi connectivity index (χ1v) is 8.91. The summed E-state index contributed by atoms with van der Waals surface area (Å²) >= 11 is 2.11. The van der Waals surface area contributed by atoms with Crippen LogP contribution in [-0.2, 0) is 0 Å². The Morgan fingerprint density at radius 3 is 2.09 bits per heavy atom. The molecule has 1 fully saturated rings. The standard InChI is InChI=1S/C20H23NS/c1-19(2)17-15-12-8-9-13-16(15)18(22-20(19,3)4)21(17)14-10-6-5-7-11-14/h5-13,17-18H,1-4H3. The highest BCUT2D eigenvalue weighted by molar-refractivity contribution is 8.01. The lowest BCUT2D eigenvalue weighted by Crippen LogP contribution is -2.51. The minimum atomic E-state index is 0.191. The summed E-state index contributed by atoms with van der Waals surface area (Å²) in [6.45, 7) is 9.68. The Morgan fingerprint density at radius 1 is 0.818 bits per heavy atom. The monoisotopic (exact) mass is 309 g/mol. The van der Waals surface area contributed by atoms with Crippen LogP contribution in [0.4, 0.5) is 5.69 Å². The normalized spacial score (nSPS) is 27.5. The quantitative estimate of drug-likeness (QED) is 0.655. The maximum atomic E-state index is 2.64. The number of anilines is 1. The number of thioether (sulfide) groups is 1. The molecule has 0 radical (unpaired) electrons. The minimum Gasteiger partial charge on any atom is -0.348 e. The van der Waals surface area contributed by atoms with E-state index in [2.05, 4.69) is 99.0 Å². The second-order valence-corrected chi connectivity index (χ2v) is 9.18. The van der Waals surface area contributed by atoms with Crippen molar-refractivity contribution in [3.05, 3.63) is 65.7 Å². The van der Waals surface area contributed by atoms with E-state index < -0.39 is 0 Å². The molecule has 0 saturated carbocycles. The second-order valence-electron chi connectivity index (χ2n) is 7.48. The minimum absolute atomic E-state index is 0.191. The molecular formula is C20H23NS. The molecule has 1 saturated heterocycles. The van der Waals surface area contributed by atoms with E-state index in [1.807, 2.05) is 0 Å². The van der Waals surface area contributed by atoms with Crippen LogP contribution in [0, 0.1) is 5.41 Å². The Morgan fingerprint density at radius 2 is 1.41 bits per heavy atom. The molecule has 0 amide bonds. The molecule has 2 aromatic carbocycles. The van der Waals surface area contributed by atoms with Gasteiger partial charge in [-0.25, -0.2) is 0 Å². The fraction of sp³-hybridized carbons (Fsp3) is 0.400. The van der Waals surface area contributed by atoms with E-state index >= 15 is 0 Å². The summed E-state index contributed by atoms with van der Waals surface area (Å²) < 4.78 is 0.243. The van der Waals surface area contributed by atoms with Crippen LogP contribution < -0.4 is 4.90 Å². The first-order valence-electron chi connectivity index (χ1n) is 8.03. The van der Waals surface area contributed by atoms with E-state index in [1.165, 1.54) is 16.8 Å². The van der Waals surface area contributed by atoms with Gasteiger partial charge in [-0.3, -0.25) is 0 Å². The van der Waals surface area contributed by atoms with Crippen LogP contribution in [0.25, 0.3) is 0 Å². The van der Waals surface area contributed by atoms with Crippen molar-refractivity contribution in [2.24, 2.45) is 5.41 Å². The fourth-order valence-corrected chi connectivity index (χ4v) is 5.59. The van der Waals surface area contributed by atoms with E-state index in [0.29, 0.717) is 11.4 Å². The average Bonchev–Trinajstić information content (AvgIpc) is 2.79. The van der Waals surface area contributed by atoms with Crippen molar-refractivity contribution < 1.29 is 0 Å². The topological polar surface area (TPSA) is 3.24 Å². The highest BCUT2D eigenvalue weighted by atomic mass is 32.2. The van der Waals surface area contributed by atoms with Gasteiger partial charge < -0.3 is 4.90 Å². The van der Waals surface area contributed by atoms with Crippen molar-refractivity contribution in [1.29, 1.82) is 0 Å². The lowest BCUT2D eigenvalue weighted by atomic mass is 9.71. The van der Waals surface area contributed by atoms with Gasteiger partial charge in [0.2, 0.25) is 0 Å². The van der Waals surface area contributed by atoms with Crippen molar-refractivity contribution >= 4 is 17.4 Å². The predicted octanol–water partition coefficient (Wildman–Crippen LogP) is 5.80. The number of rotatable bonds is 1. The third-order valence-corrected chi connectivity index (χ3v) is 7.60. The van der Waals surface area contributed by atoms with Crippen LogP contribution in [0.1, 0.15) is 50.2 Å². The summed E-state index contributed by atoms with van der Waals surface area (Å²) in [5.41, 5.74) is 4.54. The number of hydrogen-bond acceptors (Lipinski definition) is 2. The van der Waals surface area contributed by atoms with E-state index in [4.69, 9.17) is 0 Å². The lowest BCUT2D eigenvalue weighted by molar-refractivity contribution is 0.209.